The van der Waals surface area contributed by atoms with E-state index in [0.717, 1.165) is 32.1 Å². The van der Waals surface area contributed by atoms with Gasteiger partial charge in [0.25, 0.3) is 0 Å². The van der Waals surface area contributed by atoms with Crippen molar-refractivity contribution in [3.05, 3.63) is 23.8 Å². The van der Waals surface area contributed by atoms with E-state index < -0.39 is 0 Å². The Labute approximate surface area is 111 Å². The third-order valence-electron chi connectivity index (χ3n) is 4.22. The molecule has 0 amide bonds. The molecule has 0 radical (unpaired) electrons. The number of hydrogen-bond acceptors (Lipinski definition) is 2. The second-order valence-electron chi connectivity index (χ2n) is 5.46. The topological polar surface area (TPSA) is 26.3 Å². The second-order valence-corrected chi connectivity index (χ2v) is 5.46. The zero-order valence-corrected chi connectivity index (χ0v) is 12.2. The Morgan fingerprint density at radius 3 is 2.50 bits per heavy atom. The normalized spacial score (nSPS) is 20.2. The number of allylic oxidation sites excluding steroid dienone is 2. The smallest absolute Gasteiger partial charge is 0.333 e. The summed E-state index contributed by atoms with van der Waals surface area (Å²) in [5, 5.41) is 0. The first-order chi connectivity index (χ1) is 8.45. The quantitative estimate of drug-likeness (QED) is 0.410. The van der Waals surface area contributed by atoms with Gasteiger partial charge in [0.2, 0.25) is 0 Å². The highest BCUT2D eigenvalue weighted by atomic mass is 16.6. The summed E-state index contributed by atoms with van der Waals surface area (Å²) in [6.07, 6.45) is 7.31. The van der Waals surface area contributed by atoms with Crippen LogP contribution >= 0.6 is 0 Å². The number of hydrogen-bond donors (Lipinski definition) is 0. The number of esters is 1. The van der Waals surface area contributed by atoms with Gasteiger partial charge in [-0.15, -0.1) is 0 Å². The molecule has 0 aliphatic heterocycles. The van der Waals surface area contributed by atoms with Crippen molar-refractivity contribution in [1.82, 2.24) is 0 Å². The fourth-order valence-electron chi connectivity index (χ4n) is 2.77. The number of ether oxygens (including phenoxy) is 1. The summed E-state index contributed by atoms with van der Waals surface area (Å²) in [4.78, 5) is 11.8. The summed E-state index contributed by atoms with van der Waals surface area (Å²) in [5.74, 6) is 0.199. The fourth-order valence-corrected chi connectivity index (χ4v) is 2.77. The van der Waals surface area contributed by atoms with Crippen molar-refractivity contribution < 1.29 is 9.53 Å². The van der Waals surface area contributed by atoms with Crippen molar-refractivity contribution >= 4 is 5.97 Å². The van der Waals surface area contributed by atoms with E-state index in [0.29, 0.717) is 11.5 Å². The molecule has 102 valence electrons. The Balaban J connectivity index is 2.86. The lowest BCUT2D eigenvalue weighted by atomic mass is 9.74. The van der Waals surface area contributed by atoms with E-state index in [1.807, 2.05) is 0 Å². The summed E-state index contributed by atoms with van der Waals surface area (Å²) in [7, 11) is 0. The maximum Gasteiger partial charge on any atom is 0.333 e. The molecule has 0 N–H and O–H groups in total. The predicted octanol–water partition coefficient (Wildman–Crippen LogP) is 4.41. The first kappa shape index (κ1) is 15.0. The Kier molecular flexibility index (Phi) is 5.18. The fraction of sp³-hybridized carbons (Fsp3) is 0.688. The van der Waals surface area contributed by atoms with Gasteiger partial charge in [-0.3, -0.25) is 0 Å². The van der Waals surface area contributed by atoms with Crippen molar-refractivity contribution in [1.29, 1.82) is 0 Å². The van der Waals surface area contributed by atoms with Gasteiger partial charge in [0.15, 0.2) is 0 Å². The lowest BCUT2D eigenvalue weighted by Gasteiger charge is -2.40. The molecule has 1 aliphatic carbocycles. The molecule has 18 heavy (non-hydrogen) atoms. The molecule has 1 atom stereocenters. The van der Waals surface area contributed by atoms with Crippen LogP contribution in [0.2, 0.25) is 0 Å². The molecular weight excluding hydrogens is 224 g/mol. The number of carbonyl (C=O) groups is 1. The zero-order chi connectivity index (χ0) is 13.8. The molecule has 0 fully saturated rings. The molecule has 2 heteroatoms. The van der Waals surface area contributed by atoms with Crippen molar-refractivity contribution in [2.24, 2.45) is 5.92 Å². The van der Waals surface area contributed by atoms with Gasteiger partial charge in [-0.25, -0.2) is 4.79 Å². The molecule has 0 bridgehead atoms. The van der Waals surface area contributed by atoms with Gasteiger partial charge in [-0.05, 0) is 46.0 Å². The lowest BCUT2D eigenvalue weighted by molar-refractivity contribution is -0.163. The van der Waals surface area contributed by atoms with Crippen molar-refractivity contribution in [3.8, 4) is 0 Å². The van der Waals surface area contributed by atoms with Crippen LogP contribution in [0.5, 0.6) is 0 Å². The van der Waals surface area contributed by atoms with E-state index in [1.165, 1.54) is 5.57 Å². The monoisotopic (exact) mass is 250 g/mol. The highest BCUT2D eigenvalue weighted by Gasteiger charge is 2.39. The molecule has 1 rings (SSSR count). The van der Waals surface area contributed by atoms with E-state index >= 15 is 0 Å². The van der Waals surface area contributed by atoms with Gasteiger partial charge in [-0.1, -0.05) is 32.1 Å². The summed E-state index contributed by atoms with van der Waals surface area (Å²) in [6, 6.07) is 0. The zero-order valence-electron chi connectivity index (χ0n) is 12.2. The van der Waals surface area contributed by atoms with Crippen LogP contribution in [-0.4, -0.2) is 11.6 Å². The van der Waals surface area contributed by atoms with E-state index in [1.54, 1.807) is 6.92 Å². The molecule has 2 nitrogen and oxygen atoms in total. The third-order valence-corrected chi connectivity index (χ3v) is 4.22. The first-order valence-corrected chi connectivity index (χ1v) is 6.99. The van der Waals surface area contributed by atoms with Gasteiger partial charge < -0.3 is 4.74 Å². The number of rotatable bonds is 5. The SMILES string of the molecule is C=C(C)C(=O)OC(CC)(CC)C1CC=C(C)CC1. The standard InChI is InChI=1S/C16H26O2/c1-6-16(7-2,18-15(17)12(3)4)14-10-8-13(5)9-11-14/h8,14H,3,6-7,9-11H2,1-2,4-5H3. The molecule has 1 unspecified atom stereocenters. The van der Waals surface area contributed by atoms with Crippen LogP contribution in [0.25, 0.3) is 0 Å². The van der Waals surface area contributed by atoms with Crippen LogP contribution in [0.3, 0.4) is 0 Å². The Morgan fingerprint density at radius 2 is 2.11 bits per heavy atom. The Morgan fingerprint density at radius 1 is 1.50 bits per heavy atom. The lowest BCUT2D eigenvalue weighted by Crippen LogP contribution is -2.42. The van der Waals surface area contributed by atoms with Crippen LogP contribution in [0.15, 0.2) is 23.8 Å². The summed E-state index contributed by atoms with van der Waals surface area (Å²) < 4.78 is 5.80. The van der Waals surface area contributed by atoms with Gasteiger partial charge >= 0.3 is 5.97 Å². The van der Waals surface area contributed by atoms with Gasteiger partial charge in [0, 0.05) is 11.5 Å². The highest BCUT2D eigenvalue weighted by Crippen LogP contribution is 2.39. The summed E-state index contributed by atoms with van der Waals surface area (Å²) >= 11 is 0. The first-order valence-electron chi connectivity index (χ1n) is 6.99. The van der Waals surface area contributed by atoms with Gasteiger partial charge in [-0.2, -0.15) is 0 Å². The van der Waals surface area contributed by atoms with Crippen molar-refractivity contribution in [2.45, 2.75) is 65.4 Å². The second kappa shape index (κ2) is 6.21. The molecule has 0 spiro atoms. The van der Waals surface area contributed by atoms with Gasteiger partial charge in [0.1, 0.15) is 5.60 Å². The van der Waals surface area contributed by atoms with E-state index in [9.17, 15) is 4.79 Å². The van der Waals surface area contributed by atoms with E-state index in [2.05, 4.69) is 33.4 Å². The predicted molar refractivity (Wildman–Crippen MR) is 75.3 cm³/mol. The molecule has 0 saturated heterocycles. The summed E-state index contributed by atoms with van der Waals surface area (Å²) in [6.45, 7) is 11.8. The Bertz CT molecular complexity index is 348. The summed E-state index contributed by atoms with van der Waals surface area (Å²) in [5.41, 5.74) is 1.63. The maximum atomic E-state index is 11.8. The van der Waals surface area contributed by atoms with Crippen LogP contribution < -0.4 is 0 Å². The molecule has 0 aromatic carbocycles. The average molecular weight is 250 g/mol. The van der Waals surface area contributed by atoms with Crippen LogP contribution in [0.4, 0.5) is 0 Å². The van der Waals surface area contributed by atoms with Crippen LogP contribution in [0.1, 0.15) is 59.8 Å². The maximum absolute atomic E-state index is 11.8. The highest BCUT2D eigenvalue weighted by molar-refractivity contribution is 5.87. The molecule has 0 saturated carbocycles. The minimum atomic E-state index is -0.312. The van der Waals surface area contributed by atoms with Crippen molar-refractivity contribution in [2.75, 3.05) is 0 Å². The van der Waals surface area contributed by atoms with Crippen LogP contribution in [0, 0.1) is 5.92 Å². The molecule has 1 aliphatic rings. The molecule has 0 aromatic rings. The Hall–Kier alpha value is -1.05. The van der Waals surface area contributed by atoms with E-state index in [-0.39, 0.29) is 11.6 Å². The average Bonchev–Trinajstić information content (AvgIpc) is 2.36. The minimum absolute atomic E-state index is 0.245. The largest absolute Gasteiger partial charge is 0.455 e. The third kappa shape index (κ3) is 3.24. The van der Waals surface area contributed by atoms with Gasteiger partial charge in [0.05, 0.1) is 0 Å². The van der Waals surface area contributed by atoms with E-state index in [4.69, 9.17) is 4.74 Å². The van der Waals surface area contributed by atoms with Crippen molar-refractivity contribution in [3.63, 3.8) is 0 Å². The number of carbonyl (C=O) groups excluding carboxylic acids is 1. The minimum Gasteiger partial charge on any atom is -0.455 e. The molecule has 0 aromatic heterocycles. The van der Waals surface area contributed by atoms with Crippen LogP contribution in [-0.2, 0) is 9.53 Å². The molecular formula is C16H26O2. The molecule has 0 heterocycles.